The number of hydrogen-bond donors (Lipinski definition) is 0. The molecule has 0 saturated carbocycles. The second-order valence-corrected chi connectivity index (χ2v) is 9.02. The largest absolute Gasteiger partial charge is 0.497 e. The van der Waals surface area contributed by atoms with Gasteiger partial charge >= 0.3 is 0 Å². The Hall–Kier alpha value is -2.12. The van der Waals surface area contributed by atoms with Crippen molar-refractivity contribution in [1.29, 1.82) is 0 Å². The Balaban J connectivity index is 1.26. The number of amides is 2. The lowest BCUT2D eigenvalue weighted by atomic mass is 10.0. The lowest BCUT2D eigenvalue weighted by Gasteiger charge is -2.39. The standard InChI is InChI=1S/C24H36N4O3/c1-31-21-9-7-20(8-10-21)18-25-14-16-26(17-15-25)23(29)19-28-13-3-2-6-22(28)24(30)27-11-4-5-12-27/h7-10,22H,2-6,11-19H2,1H3. The molecule has 170 valence electrons. The van der Waals surface area contributed by atoms with Gasteiger partial charge in [-0.05, 0) is 49.9 Å². The zero-order valence-electron chi connectivity index (χ0n) is 18.8. The molecule has 3 aliphatic heterocycles. The number of ether oxygens (including phenoxy) is 1. The summed E-state index contributed by atoms with van der Waals surface area (Å²) in [5.74, 6) is 1.29. The van der Waals surface area contributed by atoms with Crippen LogP contribution in [0.15, 0.2) is 24.3 Å². The number of likely N-dealkylation sites (tertiary alicyclic amines) is 2. The highest BCUT2D eigenvalue weighted by Crippen LogP contribution is 2.21. The van der Waals surface area contributed by atoms with Crippen molar-refractivity contribution in [2.45, 2.75) is 44.7 Å². The third kappa shape index (κ3) is 5.57. The number of nitrogens with zero attached hydrogens (tertiary/aromatic N) is 4. The number of methoxy groups -OCH3 is 1. The first kappa shape index (κ1) is 22.1. The number of carbonyl (C=O) groups is 2. The van der Waals surface area contributed by atoms with E-state index < -0.39 is 0 Å². The van der Waals surface area contributed by atoms with Crippen molar-refractivity contribution < 1.29 is 14.3 Å². The summed E-state index contributed by atoms with van der Waals surface area (Å²) in [6, 6.07) is 8.09. The molecule has 0 radical (unpaired) electrons. The minimum Gasteiger partial charge on any atom is -0.497 e. The Morgan fingerprint density at radius 3 is 2.23 bits per heavy atom. The van der Waals surface area contributed by atoms with Crippen molar-refractivity contribution in [1.82, 2.24) is 19.6 Å². The van der Waals surface area contributed by atoms with Crippen molar-refractivity contribution in [3.63, 3.8) is 0 Å². The topological polar surface area (TPSA) is 56.3 Å². The first-order chi connectivity index (χ1) is 15.1. The van der Waals surface area contributed by atoms with Gasteiger partial charge in [-0.25, -0.2) is 0 Å². The van der Waals surface area contributed by atoms with Crippen molar-refractivity contribution >= 4 is 11.8 Å². The van der Waals surface area contributed by atoms with E-state index in [4.69, 9.17) is 4.74 Å². The van der Waals surface area contributed by atoms with Gasteiger partial charge in [-0.1, -0.05) is 18.6 Å². The van der Waals surface area contributed by atoms with E-state index in [1.807, 2.05) is 21.9 Å². The Morgan fingerprint density at radius 2 is 1.55 bits per heavy atom. The van der Waals surface area contributed by atoms with Crippen molar-refractivity contribution in [3.05, 3.63) is 29.8 Å². The molecular formula is C24H36N4O3. The molecule has 2 amide bonds. The van der Waals surface area contributed by atoms with Gasteiger partial charge < -0.3 is 14.5 Å². The predicted octanol–water partition coefficient (Wildman–Crippen LogP) is 1.82. The summed E-state index contributed by atoms with van der Waals surface area (Å²) < 4.78 is 5.23. The molecule has 7 nitrogen and oxygen atoms in total. The fraction of sp³-hybridized carbons (Fsp3) is 0.667. The number of carbonyl (C=O) groups excluding carboxylic acids is 2. The van der Waals surface area contributed by atoms with Gasteiger partial charge in [0.25, 0.3) is 0 Å². The van der Waals surface area contributed by atoms with Gasteiger partial charge in [0.1, 0.15) is 5.75 Å². The maximum absolute atomic E-state index is 13.0. The minimum absolute atomic E-state index is 0.104. The van der Waals surface area contributed by atoms with Crippen LogP contribution in [0, 0.1) is 0 Å². The summed E-state index contributed by atoms with van der Waals surface area (Å²) in [6.45, 7) is 7.17. The summed E-state index contributed by atoms with van der Waals surface area (Å²) in [4.78, 5) is 34.5. The molecule has 3 saturated heterocycles. The van der Waals surface area contributed by atoms with E-state index in [1.165, 1.54) is 5.56 Å². The molecule has 7 heteroatoms. The fourth-order valence-corrected chi connectivity index (χ4v) is 5.03. The number of benzene rings is 1. The van der Waals surface area contributed by atoms with Crippen molar-refractivity contribution in [2.24, 2.45) is 0 Å². The molecule has 0 aliphatic carbocycles. The van der Waals surface area contributed by atoms with Crippen LogP contribution < -0.4 is 4.74 Å². The number of rotatable bonds is 6. The maximum Gasteiger partial charge on any atom is 0.239 e. The number of hydrogen-bond acceptors (Lipinski definition) is 5. The quantitative estimate of drug-likeness (QED) is 0.692. The lowest BCUT2D eigenvalue weighted by molar-refractivity contribution is -0.141. The molecule has 3 heterocycles. The molecule has 0 N–H and O–H groups in total. The first-order valence-corrected chi connectivity index (χ1v) is 11.8. The number of piperazine rings is 1. The molecule has 0 aromatic heterocycles. The van der Waals surface area contributed by atoms with E-state index in [-0.39, 0.29) is 17.9 Å². The molecule has 1 atom stereocenters. The molecule has 1 unspecified atom stereocenters. The van der Waals surface area contributed by atoms with E-state index >= 15 is 0 Å². The third-order valence-corrected chi connectivity index (χ3v) is 6.95. The highest BCUT2D eigenvalue weighted by atomic mass is 16.5. The predicted molar refractivity (Wildman–Crippen MR) is 120 cm³/mol. The van der Waals surface area contributed by atoms with Crippen molar-refractivity contribution in [2.75, 3.05) is 59.5 Å². The van der Waals surface area contributed by atoms with E-state index in [1.54, 1.807) is 7.11 Å². The lowest BCUT2D eigenvalue weighted by Crippen LogP contribution is -2.55. The van der Waals surface area contributed by atoms with Crippen LogP contribution in [-0.2, 0) is 16.1 Å². The first-order valence-electron chi connectivity index (χ1n) is 11.8. The average Bonchev–Trinajstić information content (AvgIpc) is 3.35. The SMILES string of the molecule is COc1ccc(CN2CCN(C(=O)CN3CCCCC3C(=O)N3CCCC3)CC2)cc1. The molecule has 4 rings (SSSR count). The summed E-state index contributed by atoms with van der Waals surface area (Å²) >= 11 is 0. The summed E-state index contributed by atoms with van der Waals surface area (Å²) in [7, 11) is 1.68. The van der Waals surface area contributed by atoms with Gasteiger partial charge in [-0.15, -0.1) is 0 Å². The summed E-state index contributed by atoms with van der Waals surface area (Å²) in [5.41, 5.74) is 1.26. The van der Waals surface area contributed by atoms with Crippen LogP contribution in [0.5, 0.6) is 5.75 Å². The highest BCUT2D eigenvalue weighted by Gasteiger charge is 2.34. The molecule has 31 heavy (non-hydrogen) atoms. The second-order valence-electron chi connectivity index (χ2n) is 9.02. The van der Waals surface area contributed by atoms with E-state index in [0.717, 1.165) is 90.2 Å². The molecular weight excluding hydrogens is 392 g/mol. The van der Waals surface area contributed by atoms with E-state index in [9.17, 15) is 9.59 Å². The smallest absolute Gasteiger partial charge is 0.239 e. The molecule has 0 spiro atoms. The zero-order chi connectivity index (χ0) is 21.6. The van der Waals surface area contributed by atoms with Crippen LogP contribution in [0.1, 0.15) is 37.7 Å². The van der Waals surface area contributed by atoms with Crippen LogP contribution in [-0.4, -0.2) is 96.9 Å². The van der Waals surface area contributed by atoms with Crippen LogP contribution in [0.3, 0.4) is 0 Å². The third-order valence-electron chi connectivity index (χ3n) is 6.95. The van der Waals surface area contributed by atoms with Gasteiger partial charge in [-0.2, -0.15) is 0 Å². The van der Waals surface area contributed by atoms with E-state index in [2.05, 4.69) is 21.9 Å². The van der Waals surface area contributed by atoms with Crippen LogP contribution in [0.25, 0.3) is 0 Å². The molecule has 1 aromatic carbocycles. The maximum atomic E-state index is 13.0. The molecule has 1 aromatic rings. The molecule has 3 aliphatic rings. The van der Waals surface area contributed by atoms with Crippen LogP contribution in [0.4, 0.5) is 0 Å². The van der Waals surface area contributed by atoms with Crippen LogP contribution >= 0.6 is 0 Å². The minimum atomic E-state index is -0.104. The van der Waals surface area contributed by atoms with Gasteiger partial charge in [0, 0.05) is 45.8 Å². The van der Waals surface area contributed by atoms with Gasteiger partial charge in [0.15, 0.2) is 0 Å². The summed E-state index contributed by atoms with van der Waals surface area (Å²) in [6.07, 6.45) is 5.26. The Labute approximate surface area is 185 Å². The zero-order valence-corrected chi connectivity index (χ0v) is 18.8. The van der Waals surface area contributed by atoms with Gasteiger partial charge in [-0.3, -0.25) is 19.4 Å². The van der Waals surface area contributed by atoms with Gasteiger partial charge in [0.2, 0.25) is 11.8 Å². The fourth-order valence-electron chi connectivity index (χ4n) is 5.03. The number of piperidine rings is 1. The molecule has 3 fully saturated rings. The second kappa shape index (κ2) is 10.5. The van der Waals surface area contributed by atoms with Crippen molar-refractivity contribution in [3.8, 4) is 5.75 Å². The Kier molecular flexibility index (Phi) is 7.45. The monoisotopic (exact) mass is 428 g/mol. The average molecular weight is 429 g/mol. The highest BCUT2D eigenvalue weighted by molar-refractivity contribution is 5.84. The van der Waals surface area contributed by atoms with E-state index in [0.29, 0.717) is 6.54 Å². The molecule has 0 bridgehead atoms. The normalized spacial score (nSPS) is 23.2. The Morgan fingerprint density at radius 1 is 0.871 bits per heavy atom. The Bertz CT molecular complexity index is 740. The summed E-state index contributed by atoms with van der Waals surface area (Å²) in [5, 5.41) is 0. The van der Waals surface area contributed by atoms with Crippen LogP contribution in [0.2, 0.25) is 0 Å². The van der Waals surface area contributed by atoms with Gasteiger partial charge in [0.05, 0.1) is 19.7 Å².